The number of benzene rings is 1. The van der Waals surface area contributed by atoms with Crippen LogP contribution in [-0.2, 0) is 0 Å². The lowest BCUT2D eigenvalue weighted by Crippen LogP contribution is -2.35. The van der Waals surface area contributed by atoms with Crippen molar-refractivity contribution in [2.75, 3.05) is 13.2 Å². The monoisotopic (exact) mass is 246 g/mol. The molecule has 1 aliphatic heterocycles. The van der Waals surface area contributed by atoms with Crippen molar-refractivity contribution in [2.45, 2.75) is 31.7 Å². The number of aromatic nitrogens is 1. The van der Waals surface area contributed by atoms with Crippen molar-refractivity contribution in [3.63, 3.8) is 0 Å². The van der Waals surface area contributed by atoms with E-state index in [1.165, 1.54) is 19.3 Å². The van der Waals surface area contributed by atoms with Crippen LogP contribution >= 0.6 is 0 Å². The minimum absolute atomic E-state index is 0.381. The summed E-state index contributed by atoms with van der Waals surface area (Å²) >= 11 is 0. The Morgan fingerprint density at radius 1 is 1.33 bits per heavy atom. The summed E-state index contributed by atoms with van der Waals surface area (Å²) in [6, 6.07) is 8.29. The van der Waals surface area contributed by atoms with E-state index in [0.29, 0.717) is 18.7 Å². The zero-order chi connectivity index (χ0) is 12.2. The van der Waals surface area contributed by atoms with Gasteiger partial charge in [0.25, 0.3) is 0 Å². The Bertz CT molecular complexity index is 470. The van der Waals surface area contributed by atoms with E-state index in [1.807, 2.05) is 24.3 Å². The van der Waals surface area contributed by atoms with Gasteiger partial charge in [-0.15, -0.1) is 0 Å². The number of para-hydroxylation sites is 2. The molecule has 3 rings (SSSR count). The maximum atomic E-state index is 5.58. The minimum atomic E-state index is 0.381. The fourth-order valence-corrected chi connectivity index (χ4v) is 2.37. The first kappa shape index (κ1) is 11.5. The molecule has 1 saturated heterocycles. The Hall–Kier alpha value is -1.55. The lowest BCUT2D eigenvalue weighted by Gasteiger charge is -2.22. The Morgan fingerprint density at radius 3 is 3.11 bits per heavy atom. The third-order valence-electron chi connectivity index (χ3n) is 3.38. The topological polar surface area (TPSA) is 47.3 Å². The van der Waals surface area contributed by atoms with Gasteiger partial charge in [0.2, 0.25) is 0 Å². The van der Waals surface area contributed by atoms with Crippen LogP contribution in [0.4, 0.5) is 0 Å². The van der Waals surface area contributed by atoms with Gasteiger partial charge in [-0.05, 0) is 37.9 Å². The number of hydrogen-bond acceptors (Lipinski definition) is 4. The summed E-state index contributed by atoms with van der Waals surface area (Å²) in [5, 5.41) is 3.50. The molecular formula is C14H18N2O2. The number of fused-ring (bicyclic) bond motifs is 1. The third kappa shape index (κ3) is 2.64. The van der Waals surface area contributed by atoms with Crippen LogP contribution < -0.4 is 10.1 Å². The second-order valence-corrected chi connectivity index (χ2v) is 4.73. The molecule has 0 aliphatic carbocycles. The maximum Gasteiger partial charge on any atom is 0.394 e. The number of oxazole rings is 1. The molecule has 96 valence electrons. The van der Waals surface area contributed by atoms with Crippen molar-refractivity contribution >= 4 is 11.1 Å². The number of nitrogens with one attached hydrogen (secondary N) is 1. The van der Waals surface area contributed by atoms with E-state index in [2.05, 4.69) is 10.3 Å². The van der Waals surface area contributed by atoms with Crippen molar-refractivity contribution in [2.24, 2.45) is 0 Å². The largest absolute Gasteiger partial charge is 0.450 e. The molecule has 0 unspecified atom stereocenters. The normalized spacial score (nSPS) is 20.1. The summed E-state index contributed by atoms with van der Waals surface area (Å²) in [5.41, 5.74) is 1.63. The Labute approximate surface area is 106 Å². The van der Waals surface area contributed by atoms with Crippen LogP contribution in [0.1, 0.15) is 25.7 Å². The third-order valence-corrected chi connectivity index (χ3v) is 3.38. The first-order chi connectivity index (χ1) is 8.92. The molecule has 1 atom stereocenters. The molecule has 0 saturated carbocycles. The Morgan fingerprint density at radius 2 is 2.28 bits per heavy atom. The van der Waals surface area contributed by atoms with Crippen LogP contribution in [0.5, 0.6) is 6.08 Å². The summed E-state index contributed by atoms with van der Waals surface area (Å²) < 4.78 is 11.1. The Balaban J connectivity index is 1.53. The predicted molar refractivity (Wildman–Crippen MR) is 69.8 cm³/mol. The van der Waals surface area contributed by atoms with Crippen LogP contribution in [0.2, 0.25) is 0 Å². The number of piperidine rings is 1. The van der Waals surface area contributed by atoms with Crippen molar-refractivity contribution in [1.82, 2.24) is 10.3 Å². The highest BCUT2D eigenvalue weighted by atomic mass is 16.6. The van der Waals surface area contributed by atoms with E-state index in [4.69, 9.17) is 9.15 Å². The van der Waals surface area contributed by atoms with Crippen molar-refractivity contribution in [3.05, 3.63) is 24.3 Å². The van der Waals surface area contributed by atoms with Gasteiger partial charge in [-0.25, -0.2) is 0 Å². The minimum Gasteiger partial charge on any atom is -0.450 e. The zero-order valence-electron chi connectivity index (χ0n) is 10.4. The van der Waals surface area contributed by atoms with Crippen molar-refractivity contribution in [1.29, 1.82) is 0 Å². The molecule has 0 radical (unpaired) electrons. The second kappa shape index (κ2) is 5.40. The van der Waals surface area contributed by atoms with Crippen LogP contribution in [0.15, 0.2) is 28.7 Å². The van der Waals surface area contributed by atoms with Crippen LogP contribution in [0, 0.1) is 0 Å². The smallest absolute Gasteiger partial charge is 0.394 e. The molecule has 4 nitrogen and oxygen atoms in total. The first-order valence-corrected chi connectivity index (χ1v) is 6.63. The molecule has 0 bridgehead atoms. The van der Waals surface area contributed by atoms with Gasteiger partial charge in [0, 0.05) is 6.04 Å². The average Bonchev–Trinajstić information content (AvgIpc) is 2.82. The molecule has 2 heterocycles. The fourth-order valence-electron chi connectivity index (χ4n) is 2.37. The molecule has 0 spiro atoms. The number of rotatable bonds is 4. The molecular weight excluding hydrogens is 228 g/mol. The maximum absolute atomic E-state index is 5.58. The molecule has 18 heavy (non-hydrogen) atoms. The number of hydrogen-bond donors (Lipinski definition) is 1. The molecule has 1 fully saturated rings. The molecule has 1 aromatic heterocycles. The molecule has 4 heteroatoms. The second-order valence-electron chi connectivity index (χ2n) is 4.73. The number of ether oxygens (including phenoxy) is 1. The van der Waals surface area contributed by atoms with E-state index in [-0.39, 0.29) is 0 Å². The molecule has 1 N–H and O–H groups in total. The predicted octanol–water partition coefficient (Wildman–Crippen LogP) is 2.74. The number of nitrogens with zero attached hydrogens (tertiary/aromatic N) is 1. The summed E-state index contributed by atoms with van der Waals surface area (Å²) in [6.45, 7) is 1.79. The Kier molecular flexibility index (Phi) is 3.46. The van der Waals surface area contributed by atoms with Crippen LogP contribution in [0.25, 0.3) is 11.1 Å². The highest BCUT2D eigenvalue weighted by Gasteiger charge is 2.13. The molecule has 1 aliphatic rings. The van der Waals surface area contributed by atoms with Crippen LogP contribution in [0.3, 0.4) is 0 Å². The van der Waals surface area contributed by atoms with Crippen LogP contribution in [-0.4, -0.2) is 24.2 Å². The van der Waals surface area contributed by atoms with Gasteiger partial charge in [-0.2, -0.15) is 4.98 Å². The molecule has 2 aromatic rings. The summed E-state index contributed by atoms with van der Waals surface area (Å²) in [6.07, 6.45) is 5.26. The lowest BCUT2D eigenvalue weighted by molar-refractivity contribution is 0.213. The lowest BCUT2D eigenvalue weighted by atomic mass is 10.0. The standard InChI is InChI=1S/C14H18N2O2/c1-2-7-13-12(6-1)16-14(18-13)17-10-8-11-5-3-4-9-15-11/h1-2,6-7,11,15H,3-5,8-10H2/t11-/m0/s1. The molecule has 0 amide bonds. The van der Waals surface area contributed by atoms with Gasteiger partial charge in [0.15, 0.2) is 5.58 Å². The van der Waals surface area contributed by atoms with Crippen molar-refractivity contribution in [3.8, 4) is 6.08 Å². The van der Waals surface area contributed by atoms with Crippen molar-refractivity contribution < 1.29 is 9.15 Å². The molecule has 1 aromatic carbocycles. The zero-order valence-corrected chi connectivity index (χ0v) is 10.4. The van der Waals surface area contributed by atoms with Gasteiger partial charge < -0.3 is 14.5 Å². The quantitative estimate of drug-likeness (QED) is 0.901. The highest BCUT2D eigenvalue weighted by Crippen LogP contribution is 2.20. The summed E-state index contributed by atoms with van der Waals surface area (Å²) in [4.78, 5) is 4.29. The average molecular weight is 246 g/mol. The van der Waals surface area contributed by atoms with Gasteiger partial charge >= 0.3 is 6.08 Å². The van der Waals surface area contributed by atoms with E-state index >= 15 is 0 Å². The van der Waals surface area contributed by atoms with Gasteiger partial charge in [0.1, 0.15) is 5.52 Å². The van der Waals surface area contributed by atoms with Gasteiger partial charge in [0.05, 0.1) is 6.61 Å². The van der Waals surface area contributed by atoms with Gasteiger partial charge in [-0.1, -0.05) is 18.6 Å². The van der Waals surface area contributed by atoms with E-state index in [1.54, 1.807) is 0 Å². The van der Waals surface area contributed by atoms with E-state index in [9.17, 15) is 0 Å². The summed E-state index contributed by atoms with van der Waals surface area (Å²) in [7, 11) is 0. The highest BCUT2D eigenvalue weighted by molar-refractivity contribution is 5.72. The van der Waals surface area contributed by atoms with Gasteiger partial charge in [-0.3, -0.25) is 0 Å². The fraction of sp³-hybridized carbons (Fsp3) is 0.500. The SMILES string of the molecule is c1ccc2oc(OCC[C@@H]3CCCCN3)nc2c1. The summed E-state index contributed by atoms with van der Waals surface area (Å²) in [5.74, 6) is 0. The van der Waals surface area contributed by atoms with E-state index in [0.717, 1.165) is 24.1 Å². The van der Waals surface area contributed by atoms with E-state index < -0.39 is 0 Å². The first-order valence-electron chi connectivity index (χ1n) is 6.63.